The maximum absolute atomic E-state index is 14.2. The summed E-state index contributed by atoms with van der Waals surface area (Å²) in [6, 6.07) is 5.43. The van der Waals surface area contributed by atoms with Gasteiger partial charge < -0.3 is 21.2 Å². The van der Waals surface area contributed by atoms with Gasteiger partial charge in [-0.3, -0.25) is 0 Å². The largest absolute Gasteiger partial charge is 0.409 e. The van der Waals surface area contributed by atoms with Crippen LogP contribution in [-0.4, -0.2) is 42.1 Å². The zero-order chi connectivity index (χ0) is 15.2. The van der Waals surface area contributed by atoms with Crippen LogP contribution in [0.3, 0.4) is 0 Å². The fraction of sp³-hybridized carbons (Fsp3) is 0.533. The second-order valence-electron chi connectivity index (χ2n) is 5.53. The molecular weight excluding hydrogens is 271 g/mol. The number of likely N-dealkylation sites (tertiary alicyclic amines) is 1. The van der Waals surface area contributed by atoms with Crippen LogP contribution in [0.1, 0.15) is 30.4 Å². The lowest BCUT2D eigenvalue weighted by molar-refractivity contribution is 0.181. The number of nitrogens with zero attached hydrogens (tertiary/aromatic N) is 2. The van der Waals surface area contributed by atoms with E-state index < -0.39 is 5.82 Å². The molecule has 21 heavy (non-hydrogen) atoms. The summed E-state index contributed by atoms with van der Waals surface area (Å²) in [4.78, 5) is 2.35. The molecule has 1 unspecified atom stereocenters. The number of amidine groups is 1. The zero-order valence-electron chi connectivity index (χ0n) is 12.3. The van der Waals surface area contributed by atoms with Crippen molar-refractivity contribution in [1.29, 1.82) is 0 Å². The van der Waals surface area contributed by atoms with Crippen molar-refractivity contribution in [3.63, 3.8) is 0 Å². The lowest BCUT2D eigenvalue weighted by atomic mass is 10.0. The van der Waals surface area contributed by atoms with Gasteiger partial charge in [0.15, 0.2) is 5.84 Å². The summed E-state index contributed by atoms with van der Waals surface area (Å²) in [6.07, 6.45) is 3.68. The molecule has 5 nitrogen and oxygen atoms in total. The molecular formula is C15H23FN4O. The van der Waals surface area contributed by atoms with Gasteiger partial charge in [0.05, 0.1) is 5.56 Å². The molecule has 0 bridgehead atoms. The second kappa shape index (κ2) is 7.38. The number of halogens is 1. The average Bonchev–Trinajstić information content (AvgIpc) is 2.50. The van der Waals surface area contributed by atoms with E-state index in [1.54, 1.807) is 12.1 Å². The van der Waals surface area contributed by atoms with Crippen LogP contribution in [-0.2, 0) is 6.54 Å². The van der Waals surface area contributed by atoms with Crippen LogP contribution in [0.4, 0.5) is 4.39 Å². The molecule has 1 heterocycles. The lowest BCUT2D eigenvalue weighted by Gasteiger charge is -2.32. The fourth-order valence-corrected chi connectivity index (χ4v) is 2.74. The minimum Gasteiger partial charge on any atom is -0.409 e. The lowest BCUT2D eigenvalue weighted by Crippen LogP contribution is -2.42. The number of piperidine rings is 1. The number of hydrogen-bond acceptors (Lipinski definition) is 4. The third-order valence-electron chi connectivity index (χ3n) is 4.08. The number of rotatable bonds is 5. The van der Waals surface area contributed by atoms with E-state index in [0.717, 1.165) is 13.1 Å². The van der Waals surface area contributed by atoms with Crippen molar-refractivity contribution in [2.75, 3.05) is 20.1 Å². The van der Waals surface area contributed by atoms with Crippen molar-refractivity contribution in [3.8, 4) is 0 Å². The van der Waals surface area contributed by atoms with E-state index >= 15 is 0 Å². The van der Waals surface area contributed by atoms with E-state index in [1.807, 2.05) is 0 Å². The van der Waals surface area contributed by atoms with Crippen molar-refractivity contribution in [2.45, 2.75) is 31.8 Å². The Kier molecular flexibility index (Phi) is 5.52. The summed E-state index contributed by atoms with van der Waals surface area (Å²) in [5.41, 5.74) is 6.12. The quantitative estimate of drug-likeness (QED) is 0.333. The Morgan fingerprint density at radius 2 is 2.33 bits per heavy atom. The van der Waals surface area contributed by atoms with Crippen LogP contribution >= 0.6 is 0 Å². The van der Waals surface area contributed by atoms with Gasteiger partial charge in [0, 0.05) is 24.7 Å². The molecule has 6 heteroatoms. The first-order valence-corrected chi connectivity index (χ1v) is 7.29. The summed E-state index contributed by atoms with van der Waals surface area (Å²) in [5, 5.41) is 14.8. The summed E-state index contributed by atoms with van der Waals surface area (Å²) in [7, 11) is 2.13. The molecule has 0 spiro atoms. The van der Waals surface area contributed by atoms with Crippen LogP contribution in [0.2, 0.25) is 0 Å². The molecule has 1 aliphatic rings. The molecule has 4 N–H and O–H groups in total. The molecule has 0 radical (unpaired) electrons. The number of oxime groups is 1. The topological polar surface area (TPSA) is 73.9 Å². The van der Waals surface area contributed by atoms with Crippen molar-refractivity contribution in [2.24, 2.45) is 10.9 Å². The minimum absolute atomic E-state index is 0.131. The predicted molar refractivity (Wildman–Crippen MR) is 80.9 cm³/mol. The maximum atomic E-state index is 14.2. The van der Waals surface area contributed by atoms with Gasteiger partial charge in [0.1, 0.15) is 5.82 Å². The van der Waals surface area contributed by atoms with Crippen molar-refractivity contribution < 1.29 is 9.60 Å². The van der Waals surface area contributed by atoms with E-state index in [1.165, 1.54) is 25.3 Å². The third kappa shape index (κ3) is 3.92. The Hall–Kier alpha value is -1.66. The van der Waals surface area contributed by atoms with Crippen LogP contribution in [0.15, 0.2) is 23.4 Å². The zero-order valence-corrected chi connectivity index (χ0v) is 12.3. The average molecular weight is 294 g/mol. The van der Waals surface area contributed by atoms with Crippen molar-refractivity contribution >= 4 is 5.84 Å². The van der Waals surface area contributed by atoms with Gasteiger partial charge in [-0.15, -0.1) is 0 Å². The molecule has 1 atom stereocenters. The maximum Gasteiger partial charge on any atom is 0.173 e. The summed E-state index contributed by atoms with van der Waals surface area (Å²) < 4.78 is 14.2. The Morgan fingerprint density at radius 3 is 3.05 bits per heavy atom. The van der Waals surface area contributed by atoms with Gasteiger partial charge in [-0.2, -0.15) is 0 Å². The molecule has 1 fully saturated rings. The van der Waals surface area contributed by atoms with E-state index in [0.29, 0.717) is 18.2 Å². The first-order chi connectivity index (χ1) is 10.1. The Labute approximate surface area is 124 Å². The predicted octanol–water partition coefficient (Wildman–Crippen LogP) is 1.49. The highest BCUT2D eigenvalue weighted by Crippen LogP contribution is 2.15. The Bertz CT molecular complexity index is 506. The van der Waals surface area contributed by atoms with Crippen LogP contribution in [0, 0.1) is 5.82 Å². The first-order valence-electron chi connectivity index (χ1n) is 7.29. The van der Waals surface area contributed by atoms with E-state index in [9.17, 15) is 4.39 Å². The molecule has 2 rings (SSSR count). The van der Waals surface area contributed by atoms with E-state index in [2.05, 4.69) is 22.4 Å². The normalized spacial score (nSPS) is 20.7. The molecule has 1 aliphatic heterocycles. The van der Waals surface area contributed by atoms with Crippen LogP contribution in [0.5, 0.6) is 0 Å². The monoisotopic (exact) mass is 294 g/mol. The number of likely N-dealkylation sites (N-methyl/N-ethyl adjacent to an activating group) is 1. The Morgan fingerprint density at radius 1 is 1.52 bits per heavy atom. The van der Waals surface area contributed by atoms with Gasteiger partial charge in [0.2, 0.25) is 0 Å². The molecule has 0 saturated carbocycles. The molecule has 0 amide bonds. The highest BCUT2D eigenvalue weighted by molar-refractivity contribution is 5.97. The van der Waals surface area contributed by atoms with E-state index in [4.69, 9.17) is 10.9 Å². The second-order valence-corrected chi connectivity index (χ2v) is 5.53. The van der Waals surface area contributed by atoms with Crippen molar-refractivity contribution in [1.82, 2.24) is 10.2 Å². The standard InChI is InChI=1S/C15H23FN4O/c1-20-8-3-2-6-12(20)10-18-9-11-5-4-7-13(14(11)16)15(17)19-21/h4-5,7,12,18,21H,2-3,6,8-10H2,1H3,(H2,17,19). The van der Waals surface area contributed by atoms with Crippen molar-refractivity contribution in [3.05, 3.63) is 35.1 Å². The smallest absolute Gasteiger partial charge is 0.173 e. The fourth-order valence-electron chi connectivity index (χ4n) is 2.74. The molecule has 1 aromatic carbocycles. The molecule has 1 saturated heterocycles. The number of hydrogen-bond donors (Lipinski definition) is 3. The number of nitrogens with two attached hydrogens (primary N) is 1. The summed E-state index contributed by atoms with van der Waals surface area (Å²) in [6.45, 7) is 2.39. The molecule has 0 aromatic heterocycles. The Balaban J connectivity index is 1.94. The van der Waals surface area contributed by atoms with E-state index in [-0.39, 0.29) is 11.4 Å². The number of nitrogens with one attached hydrogen (secondary N) is 1. The summed E-state index contributed by atoms with van der Waals surface area (Å²) >= 11 is 0. The highest BCUT2D eigenvalue weighted by Gasteiger charge is 2.18. The van der Waals surface area contributed by atoms with Gasteiger partial charge in [0.25, 0.3) is 0 Å². The SMILES string of the molecule is CN1CCCCC1CNCc1cccc(/C(N)=N/O)c1F. The third-order valence-corrected chi connectivity index (χ3v) is 4.08. The van der Waals surface area contributed by atoms with Gasteiger partial charge in [-0.1, -0.05) is 23.7 Å². The van der Waals surface area contributed by atoms with Gasteiger partial charge in [-0.05, 0) is 32.5 Å². The van der Waals surface area contributed by atoms with Crippen LogP contribution in [0.25, 0.3) is 0 Å². The van der Waals surface area contributed by atoms with Crippen LogP contribution < -0.4 is 11.1 Å². The molecule has 0 aliphatic carbocycles. The van der Waals surface area contributed by atoms with Gasteiger partial charge >= 0.3 is 0 Å². The first kappa shape index (κ1) is 15.7. The minimum atomic E-state index is -0.433. The number of benzene rings is 1. The van der Waals surface area contributed by atoms with Gasteiger partial charge in [-0.25, -0.2) is 4.39 Å². The molecule has 116 valence electrons. The molecule has 1 aromatic rings. The highest BCUT2D eigenvalue weighted by atomic mass is 19.1. The summed E-state index contributed by atoms with van der Waals surface area (Å²) in [5.74, 6) is -0.640.